The first-order valence-corrected chi connectivity index (χ1v) is 12.3. The van der Waals surface area contributed by atoms with Gasteiger partial charge in [0, 0.05) is 66.8 Å². The molecule has 11 heteroatoms. The zero-order valence-electron chi connectivity index (χ0n) is 21.5. The topological polar surface area (TPSA) is 133 Å². The van der Waals surface area contributed by atoms with Gasteiger partial charge in [0.05, 0.1) is 19.8 Å². The van der Waals surface area contributed by atoms with Crippen LogP contribution in [0, 0.1) is 0 Å². The number of aromatic nitrogens is 3. The van der Waals surface area contributed by atoms with Crippen LogP contribution in [0.3, 0.4) is 0 Å². The third-order valence-electron chi connectivity index (χ3n) is 6.68. The summed E-state index contributed by atoms with van der Waals surface area (Å²) in [5.41, 5.74) is 4.84. The van der Waals surface area contributed by atoms with Gasteiger partial charge in [0.1, 0.15) is 0 Å². The van der Waals surface area contributed by atoms with E-state index in [1.54, 1.807) is 19.7 Å². The van der Waals surface area contributed by atoms with Crippen LogP contribution >= 0.6 is 0 Å². The fraction of sp³-hybridized carbons (Fsp3) is 0.214. The number of nitrogens with one attached hydrogen (secondary N) is 2. The summed E-state index contributed by atoms with van der Waals surface area (Å²) in [4.78, 5) is 41.1. The molecule has 0 aliphatic carbocycles. The summed E-state index contributed by atoms with van der Waals surface area (Å²) in [5.74, 6) is 0.869. The summed E-state index contributed by atoms with van der Waals surface area (Å²) >= 11 is 0. The van der Waals surface area contributed by atoms with Crippen molar-refractivity contribution in [3.05, 3.63) is 77.7 Å². The number of aromatic amines is 1. The molecule has 39 heavy (non-hydrogen) atoms. The average Bonchev–Trinajstić information content (AvgIpc) is 3.43. The summed E-state index contributed by atoms with van der Waals surface area (Å²) < 4.78 is 10.8. The normalized spacial score (nSPS) is 13.9. The van der Waals surface area contributed by atoms with Gasteiger partial charge in [-0.15, -0.1) is 0 Å². The first-order valence-electron chi connectivity index (χ1n) is 12.3. The molecule has 0 unspecified atom stereocenters. The van der Waals surface area contributed by atoms with Crippen LogP contribution < -0.4 is 19.9 Å². The summed E-state index contributed by atoms with van der Waals surface area (Å²) in [7, 11) is 3.16. The van der Waals surface area contributed by atoms with E-state index in [9.17, 15) is 9.59 Å². The van der Waals surface area contributed by atoms with Gasteiger partial charge in [0.25, 0.3) is 11.8 Å². The maximum absolute atomic E-state index is 14.0. The third-order valence-corrected chi connectivity index (χ3v) is 6.68. The van der Waals surface area contributed by atoms with E-state index in [2.05, 4.69) is 15.0 Å². The van der Waals surface area contributed by atoms with E-state index >= 15 is 0 Å². The van der Waals surface area contributed by atoms with Gasteiger partial charge in [0.2, 0.25) is 5.95 Å². The number of para-hydroxylation sites is 1. The van der Waals surface area contributed by atoms with Crippen LogP contribution in [-0.4, -0.2) is 77.3 Å². The number of piperazine rings is 1. The van der Waals surface area contributed by atoms with Gasteiger partial charge in [-0.3, -0.25) is 14.8 Å². The molecule has 0 saturated carbocycles. The molecule has 1 fully saturated rings. The number of hydrogen-bond donors (Lipinski definition) is 3. The molecule has 11 nitrogen and oxygen atoms in total. The second-order valence-corrected chi connectivity index (χ2v) is 8.91. The van der Waals surface area contributed by atoms with Crippen LogP contribution in [0.4, 0.5) is 5.95 Å². The van der Waals surface area contributed by atoms with E-state index in [-0.39, 0.29) is 11.5 Å². The van der Waals surface area contributed by atoms with Crippen molar-refractivity contribution in [2.45, 2.75) is 0 Å². The van der Waals surface area contributed by atoms with Crippen molar-refractivity contribution in [1.82, 2.24) is 25.3 Å². The van der Waals surface area contributed by atoms with Crippen LogP contribution in [0.25, 0.3) is 22.6 Å². The molecule has 4 aromatic rings. The van der Waals surface area contributed by atoms with Crippen LogP contribution in [-0.2, 0) is 4.79 Å². The second kappa shape index (κ2) is 11.2. The van der Waals surface area contributed by atoms with E-state index in [1.165, 1.54) is 12.4 Å². The largest absolute Gasteiger partial charge is 0.493 e. The zero-order valence-corrected chi connectivity index (χ0v) is 21.5. The lowest BCUT2D eigenvalue weighted by atomic mass is 10.00. The van der Waals surface area contributed by atoms with Gasteiger partial charge in [-0.05, 0) is 29.8 Å². The van der Waals surface area contributed by atoms with Gasteiger partial charge in [-0.25, -0.2) is 15.4 Å². The number of rotatable bonds is 7. The minimum Gasteiger partial charge on any atom is -0.493 e. The molecule has 1 aliphatic heterocycles. The van der Waals surface area contributed by atoms with E-state index in [0.717, 1.165) is 22.0 Å². The second-order valence-electron chi connectivity index (χ2n) is 8.91. The third kappa shape index (κ3) is 5.25. The molecule has 2 aromatic heterocycles. The van der Waals surface area contributed by atoms with E-state index in [1.807, 2.05) is 64.5 Å². The fourth-order valence-electron chi connectivity index (χ4n) is 4.60. The number of H-pyrrole nitrogens is 1. The van der Waals surface area contributed by atoms with Crippen LogP contribution in [0.2, 0.25) is 0 Å². The smallest absolute Gasteiger partial charge is 0.277 e. The molecule has 1 aliphatic rings. The molecule has 5 rings (SSSR count). The number of carbonyl (C=O) groups is 2. The molecular formula is C28H28N6O5. The lowest BCUT2D eigenvalue weighted by molar-refractivity contribution is -0.125. The molecule has 3 heterocycles. The van der Waals surface area contributed by atoms with Crippen molar-refractivity contribution in [2.24, 2.45) is 0 Å². The van der Waals surface area contributed by atoms with Crippen molar-refractivity contribution in [2.75, 3.05) is 45.3 Å². The quantitative estimate of drug-likeness (QED) is 0.189. The summed E-state index contributed by atoms with van der Waals surface area (Å²) in [5, 5.41) is 9.74. The van der Waals surface area contributed by atoms with Crippen LogP contribution in [0.15, 0.2) is 61.1 Å². The first-order chi connectivity index (χ1) is 19.0. The standard InChI is InChI=1S/C28H28N6O5/c1-38-24-8-7-18(14-25(24)39-2)13-21(22-17-29-23-6-4-3-5-20(22)23)27(36)33-9-11-34(12-10-33)28-30-15-19(16-31-28)26(35)32-37/h3-8,13-17,29,37H,9-12H2,1-2H3,(H,32,35). The van der Waals surface area contributed by atoms with Gasteiger partial charge < -0.3 is 24.3 Å². The van der Waals surface area contributed by atoms with Gasteiger partial charge in [-0.2, -0.15) is 0 Å². The number of amides is 2. The van der Waals surface area contributed by atoms with Gasteiger partial charge in [0.15, 0.2) is 11.5 Å². The molecule has 2 amide bonds. The Kier molecular flexibility index (Phi) is 7.41. The van der Waals surface area contributed by atoms with Gasteiger partial charge in [-0.1, -0.05) is 24.3 Å². The fourth-order valence-corrected chi connectivity index (χ4v) is 4.60. The van der Waals surface area contributed by atoms with Crippen molar-refractivity contribution in [3.8, 4) is 11.5 Å². The molecule has 1 saturated heterocycles. The molecule has 3 N–H and O–H groups in total. The number of nitrogens with zero attached hydrogens (tertiary/aromatic N) is 4. The maximum atomic E-state index is 14.0. The highest BCUT2D eigenvalue weighted by Gasteiger charge is 2.27. The summed E-state index contributed by atoms with van der Waals surface area (Å²) in [6.07, 6.45) is 6.45. The molecule has 0 radical (unpaired) electrons. The van der Waals surface area contributed by atoms with E-state index in [4.69, 9.17) is 14.7 Å². The Morgan fingerprint density at radius 1 is 1.00 bits per heavy atom. The minimum absolute atomic E-state index is 0.0925. The molecule has 0 atom stereocenters. The van der Waals surface area contributed by atoms with Crippen molar-refractivity contribution in [3.63, 3.8) is 0 Å². The van der Waals surface area contributed by atoms with Crippen LogP contribution in [0.1, 0.15) is 21.5 Å². The molecule has 0 spiro atoms. The highest BCUT2D eigenvalue weighted by molar-refractivity contribution is 6.27. The number of methoxy groups -OCH3 is 2. The number of hydroxylamine groups is 1. The van der Waals surface area contributed by atoms with Crippen LogP contribution in [0.5, 0.6) is 11.5 Å². The molecule has 200 valence electrons. The summed E-state index contributed by atoms with van der Waals surface area (Å²) in [6, 6.07) is 13.4. The van der Waals surface area contributed by atoms with Crippen molar-refractivity contribution < 1.29 is 24.3 Å². The Morgan fingerprint density at radius 3 is 2.41 bits per heavy atom. The van der Waals surface area contributed by atoms with Crippen molar-refractivity contribution >= 4 is 40.3 Å². The monoisotopic (exact) mass is 528 g/mol. The van der Waals surface area contributed by atoms with Gasteiger partial charge >= 0.3 is 0 Å². The SMILES string of the molecule is COc1ccc(C=C(C(=O)N2CCN(c3ncc(C(=O)NO)cn3)CC2)c2c[nH]c3ccccc23)cc1OC. The number of hydrogen-bond acceptors (Lipinski definition) is 8. The predicted molar refractivity (Wildman–Crippen MR) is 146 cm³/mol. The maximum Gasteiger partial charge on any atom is 0.277 e. The Hall–Kier alpha value is -4.90. The Bertz CT molecular complexity index is 1520. The lowest BCUT2D eigenvalue weighted by Gasteiger charge is -2.35. The Balaban J connectivity index is 1.41. The molecular weight excluding hydrogens is 500 g/mol. The van der Waals surface area contributed by atoms with Crippen molar-refractivity contribution in [1.29, 1.82) is 0 Å². The number of anilines is 1. The lowest BCUT2D eigenvalue weighted by Crippen LogP contribution is -2.49. The average molecular weight is 529 g/mol. The molecule has 0 bridgehead atoms. The Morgan fingerprint density at radius 2 is 1.72 bits per heavy atom. The zero-order chi connectivity index (χ0) is 27.4. The highest BCUT2D eigenvalue weighted by atomic mass is 16.5. The number of carbonyl (C=O) groups excluding carboxylic acids is 2. The first kappa shape index (κ1) is 25.7. The number of fused-ring (bicyclic) bond motifs is 1. The predicted octanol–water partition coefficient (Wildman–Crippen LogP) is 2.98. The minimum atomic E-state index is -0.678. The summed E-state index contributed by atoms with van der Waals surface area (Å²) in [6.45, 7) is 1.98. The van der Waals surface area contributed by atoms with E-state index < -0.39 is 5.91 Å². The highest BCUT2D eigenvalue weighted by Crippen LogP contribution is 2.32. The Labute approximate surface area is 224 Å². The molecule has 2 aromatic carbocycles. The number of ether oxygens (including phenoxy) is 2. The van der Waals surface area contributed by atoms with E-state index in [0.29, 0.717) is 49.2 Å². The number of benzene rings is 2.